The zero-order valence-electron chi connectivity index (χ0n) is 16.3. The molecule has 2 heterocycles. The minimum atomic E-state index is -0.434. The van der Waals surface area contributed by atoms with E-state index in [1.54, 1.807) is 12.4 Å². The molecule has 0 amide bonds. The summed E-state index contributed by atoms with van der Waals surface area (Å²) in [5.41, 5.74) is 8.05. The second-order valence-electron chi connectivity index (χ2n) is 7.80. The molecule has 4 rings (SSSR count). The first kappa shape index (κ1) is 19.3. The highest BCUT2D eigenvalue weighted by Crippen LogP contribution is 2.45. The number of aliphatic hydroxyl groups is 1. The smallest absolute Gasteiger partial charge is 0.445 e. The highest BCUT2D eigenvalue weighted by Gasteiger charge is 2.44. The van der Waals surface area contributed by atoms with Gasteiger partial charge in [-0.3, -0.25) is 10.3 Å². The van der Waals surface area contributed by atoms with Crippen LogP contribution in [-0.2, 0) is 5.41 Å². The number of nitrogen functional groups attached to an aromatic ring is 1. The summed E-state index contributed by atoms with van der Waals surface area (Å²) >= 11 is 0. The van der Waals surface area contributed by atoms with Crippen LogP contribution in [-0.4, -0.2) is 56.1 Å². The van der Waals surface area contributed by atoms with Crippen LogP contribution < -0.4 is 5.73 Å². The van der Waals surface area contributed by atoms with Crippen molar-refractivity contribution in [3.63, 3.8) is 0 Å². The summed E-state index contributed by atoms with van der Waals surface area (Å²) in [6.45, 7) is 0.735. The van der Waals surface area contributed by atoms with Crippen LogP contribution in [0.2, 0.25) is 0 Å². The highest BCUT2D eigenvalue weighted by molar-refractivity contribution is 5.99. The lowest BCUT2D eigenvalue weighted by Gasteiger charge is -2.41. The number of likely N-dealkylation sites (tertiary alicyclic amines) is 1. The van der Waals surface area contributed by atoms with E-state index in [1.807, 2.05) is 29.2 Å². The van der Waals surface area contributed by atoms with Crippen LogP contribution >= 0.6 is 0 Å². The second-order valence-corrected chi connectivity index (χ2v) is 7.80. The minimum absolute atomic E-state index is 0.0205. The van der Waals surface area contributed by atoms with E-state index in [-0.39, 0.29) is 30.5 Å². The van der Waals surface area contributed by atoms with E-state index in [0.717, 1.165) is 48.8 Å². The Morgan fingerprint density at radius 3 is 2.48 bits per heavy atom. The molecule has 1 saturated heterocycles. The van der Waals surface area contributed by atoms with Crippen molar-refractivity contribution < 1.29 is 10.2 Å². The Bertz CT molecular complexity index is 906. The predicted octanol–water partition coefficient (Wildman–Crippen LogP) is 1.66. The number of amidine groups is 2. The van der Waals surface area contributed by atoms with E-state index < -0.39 is 5.41 Å². The molecular weight excluding hydrogens is 368 g/mol. The van der Waals surface area contributed by atoms with Crippen molar-refractivity contribution in [3.8, 4) is 11.1 Å². The molecule has 2 fully saturated rings. The number of hydrogen-bond acceptors (Lipinski definition) is 5. The molecule has 1 aromatic heterocycles. The van der Waals surface area contributed by atoms with Crippen molar-refractivity contribution in [2.75, 3.05) is 18.9 Å². The fraction of sp³-hybridized carbons (Fsp3) is 0.429. The highest BCUT2D eigenvalue weighted by atomic mass is 16.3. The number of nitrogens with zero attached hydrogens (tertiary/aromatic N) is 4. The molecule has 1 saturated carbocycles. The van der Waals surface area contributed by atoms with Gasteiger partial charge in [-0.05, 0) is 36.8 Å². The zero-order valence-corrected chi connectivity index (χ0v) is 16.3. The van der Waals surface area contributed by atoms with E-state index in [9.17, 15) is 5.11 Å². The summed E-state index contributed by atoms with van der Waals surface area (Å²) in [5, 5.41) is 26.5. The van der Waals surface area contributed by atoms with Gasteiger partial charge in [-0.15, -0.1) is 4.99 Å². The molecule has 6 N–H and O–H groups in total. The SMILES string of the molecule is N=C(N=C([OH2+])N1CCC[C@@H]1CO)C1(c2ccc(-c3cnc(N)nc3)cc2)CCC1. The van der Waals surface area contributed by atoms with E-state index in [2.05, 4.69) is 15.0 Å². The molecule has 8 heteroatoms. The molecule has 1 aliphatic heterocycles. The normalized spacial score (nSPS) is 21.1. The Hall–Kier alpha value is -3.00. The second kappa shape index (κ2) is 7.79. The van der Waals surface area contributed by atoms with Gasteiger partial charge in [0.05, 0.1) is 18.1 Å². The molecule has 0 radical (unpaired) electrons. The van der Waals surface area contributed by atoms with E-state index >= 15 is 0 Å². The Balaban J connectivity index is 1.56. The van der Waals surface area contributed by atoms with Crippen LogP contribution in [0.3, 0.4) is 0 Å². The lowest BCUT2D eigenvalue weighted by molar-refractivity contribution is 0.192. The monoisotopic (exact) mass is 395 g/mol. The molecular formula is C21H27N6O2+. The number of aliphatic hydroxyl groups excluding tert-OH is 1. The van der Waals surface area contributed by atoms with Crippen molar-refractivity contribution in [3.05, 3.63) is 42.2 Å². The average molecular weight is 395 g/mol. The summed E-state index contributed by atoms with van der Waals surface area (Å²) in [6, 6.07) is 8.11. The minimum Gasteiger partial charge on any atom is -0.565 e. The maximum atomic E-state index is 9.50. The lowest BCUT2D eigenvalue weighted by atomic mass is 9.63. The first-order valence-electron chi connectivity index (χ1n) is 9.99. The van der Waals surface area contributed by atoms with Gasteiger partial charge in [0.2, 0.25) is 5.95 Å². The Morgan fingerprint density at radius 2 is 1.90 bits per heavy atom. The number of anilines is 1. The fourth-order valence-corrected chi connectivity index (χ4v) is 4.24. The van der Waals surface area contributed by atoms with Gasteiger partial charge in [0.15, 0.2) is 0 Å². The first-order valence-corrected chi connectivity index (χ1v) is 9.99. The molecule has 1 atom stereocenters. The quantitative estimate of drug-likeness (QED) is 0.411. The predicted molar refractivity (Wildman–Crippen MR) is 113 cm³/mol. The number of hydrogen-bond donors (Lipinski definition) is 3. The summed E-state index contributed by atoms with van der Waals surface area (Å²) in [5.74, 6) is 0.485. The van der Waals surface area contributed by atoms with Crippen LogP contribution in [0.5, 0.6) is 0 Å². The Morgan fingerprint density at radius 1 is 1.21 bits per heavy atom. The third-order valence-electron chi connectivity index (χ3n) is 6.18. The molecule has 0 unspecified atom stereocenters. The summed E-state index contributed by atoms with van der Waals surface area (Å²) in [7, 11) is 0. The van der Waals surface area contributed by atoms with Crippen LogP contribution in [0, 0.1) is 5.41 Å². The van der Waals surface area contributed by atoms with Gasteiger partial charge in [0.1, 0.15) is 5.84 Å². The van der Waals surface area contributed by atoms with E-state index in [1.165, 1.54) is 0 Å². The third-order valence-corrected chi connectivity index (χ3v) is 6.18. The van der Waals surface area contributed by atoms with Crippen molar-refractivity contribution in [2.24, 2.45) is 4.99 Å². The summed E-state index contributed by atoms with van der Waals surface area (Å²) < 4.78 is 0. The summed E-state index contributed by atoms with van der Waals surface area (Å²) in [4.78, 5) is 14.3. The van der Waals surface area contributed by atoms with E-state index in [4.69, 9.17) is 16.2 Å². The Kier molecular flexibility index (Phi) is 5.19. The van der Waals surface area contributed by atoms with Crippen LogP contribution in [0.15, 0.2) is 41.7 Å². The topological polar surface area (TPSA) is 134 Å². The van der Waals surface area contributed by atoms with Gasteiger partial charge in [0.25, 0.3) is 0 Å². The number of rotatable bonds is 4. The molecule has 152 valence electrons. The number of nitrogens with two attached hydrogens (primary N) is 1. The van der Waals surface area contributed by atoms with E-state index in [0.29, 0.717) is 6.54 Å². The number of benzene rings is 1. The van der Waals surface area contributed by atoms with Gasteiger partial charge < -0.3 is 15.9 Å². The summed E-state index contributed by atoms with van der Waals surface area (Å²) in [6.07, 6.45) is 7.96. The zero-order chi connectivity index (χ0) is 20.4. The van der Waals surface area contributed by atoms with Gasteiger partial charge in [0, 0.05) is 24.5 Å². The molecule has 2 aromatic rings. The van der Waals surface area contributed by atoms with Crippen LogP contribution in [0.4, 0.5) is 5.95 Å². The molecule has 1 aliphatic carbocycles. The van der Waals surface area contributed by atoms with Crippen LogP contribution in [0.1, 0.15) is 37.7 Å². The van der Waals surface area contributed by atoms with Crippen molar-refractivity contribution >= 4 is 17.8 Å². The fourth-order valence-electron chi connectivity index (χ4n) is 4.24. The first-order chi connectivity index (χ1) is 14.0. The third kappa shape index (κ3) is 3.55. The molecule has 8 nitrogen and oxygen atoms in total. The maximum Gasteiger partial charge on any atom is 0.445 e. The Labute approximate surface area is 169 Å². The molecule has 1 aromatic carbocycles. The van der Waals surface area contributed by atoms with Crippen molar-refractivity contribution in [2.45, 2.75) is 43.6 Å². The van der Waals surface area contributed by atoms with Gasteiger partial charge in [-0.2, -0.15) is 0 Å². The van der Waals surface area contributed by atoms with Gasteiger partial charge in [-0.25, -0.2) is 9.97 Å². The lowest BCUT2D eigenvalue weighted by Crippen LogP contribution is -2.43. The standard InChI is InChI=1S/C21H26N6O2/c22-18(26-20(29)27-10-1-3-17(27)13-28)21(8-2-9-21)16-6-4-14(5-7-16)15-11-24-19(23)25-12-15/h4-7,11-12,17,28H,1-3,8-10,13H2,(H2,22,26,29)(H2,23,24,25)/p+1/t17-/m1/s1. The largest absolute Gasteiger partial charge is 0.565 e. The van der Waals surface area contributed by atoms with Crippen LogP contribution in [0.25, 0.3) is 11.1 Å². The van der Waals surface area contributed by atoms with Gasteiger partial charge in [-0.1, -0.05) is 30.7 Å². The molecule has 2 aliphatic rings. The molecule has 0 bridgehead atoms. The maximum absolute atomic E-state index is 9.50. The van der Waals surface area contributed by atoms with Gasteiger partial charge >= 0.3 is 6.02 Å². The van der Waals surface area contributed by atoms with Crippen molar-refractivity contribution in [1.29, 1.82) is 5.41 Å². The average Bonchev–Trinajstić information content (AvgIpc) is 3.17. The number of aliphatic imine (C=N–C) groups is 1. The number of aromatic nitrogens is 2. The molecule has 29 heavy (non-hydrogen) atoms. The molecule has 0 spiro atoms. The van der Waals surface area contributed by atoms with Crippen molar-refractivity contribution in [1.82, 2.24) is 14.9 Å². The number of nitrogens with one attached hydrogen (secondary N) is 1.